The van der Waals surface area contributed by atoms with E-state index in [4.69, 9.17) is 5.84 Å². The van der Waals surface area contributed by atoms with Crippen LogP contribution in [-0.4, -0.2) is 4.98 Å². The number of fused-ring (bicyclic) bond motifs is 1. The van der Waals surface area contributed by atoms with Crippen molar-refractivity contribution in [2.75, 3.05) is 0 Å². The Morgan fingerprint density at radius 2 is 2.14 bits per heavy atom. The predicted molar refractivity (Wildman–Crippen MR) is 87.5 cm³/mol. The standard InChI is InChI=1S/C15H13BrFN3S/c16-10-2-4-12(19-8-10)7-13(20-18)15-5-9-1-3-11(17)6-14(9)21-15/h1-6,8,13,20H,7,18H2. The van der Waals surface area contributed by atoms with Gasteiger partial charge in [-0.05, 0) is 51.6 Å². The SMILES string of the molecule is NNC(Cc1ccc(Br)cn1)c1cc2ccc(F)cc2s1. The maximum Gasteiger partial charge on any atom is 0.124 e. The van der Waals surface area contributed by atoms with Gasteiger partial charge in [-0.25, -0.2) is 4.39 Å². The Bertz CT molecular complexity index is 757. The number of aromatic nitrogens is 1. The van der Waals surface area contributed by atoms with E-state index in [0.29, 0.717) is 6.42 Å². The average molecular weight is 366 g/mol. The van der Waals surface area contributed by atoms with Crippen LogP contribution in [0.25, 0.3) is 10.1 Å². The Hall–Kier alpha value is -1.34. The second-order valence-electron chi connectivity index (χ2n) is 4.72. The normalized spacial score (nSPS) is 12.7. The first-order valence-electron chi connectivity index (χ1n) is 6.41. The number of hydrazine groups is 1. The van der Waals surface area contributed by atoms with Crippen LogP contribution in [0.15, 0.2) is 47.1 Å². The molecule has 0 spiro atoms. The second kappa shape index (κ2) is 6.19. The van der Waals surface area contributed by atoms with E-state index in [0.717, 1.165) is 25.1 Å². The van der Waals surface area contributed by atoms with E-state index in [-0.39, 0.29) is 11.9 Å². The van der Waals surface area contributed by atoms with Gasteiger partial charge in [0.05, 0.1) is 6.04 Å². The molecule has 3 N–H and O–H groups in total. The Balaban J connectivity index is 1.88. The highest BCUT2D eigenvalue weighted by Crippen LogP contribution is 2.31. The smallest absolute Gasteiger partial charge is 0.124 e. The van der Waals surface area contributed by atoms with Crippen LogP contribution in [0.1, 0.15) is 16.6 Å². The Labute approximate surface area is 134 Å². The van der Waals surface area contributed by atoms with Crippen LogP contribution >= 0.6 is 27.3 Å². The lowest BCUT2D eigenvalue weighted by Gasteiger charge is -2.13. The molecule has 6 heteroatoms. The minimum atomic E-state index is -0.220. The monoisotopic (exact) mass is 365 g/mol. The molecule has 0 bridgehead atoms. The molecule has 1 aromatic carbocycles. The molecule has 3 nitrogen and oxygen atoms in total. The molecule has 0 amide bonds. The van der Waals surface area contributed by atoms with E-state index >= 15 is 0 Å². The maximum absolute atomic E-state index is 13.3. The number of nitrogens with two attached hydrogens (primary N) is 1. The largest absolute Gasteiger partial charge is 0.271 e. The van der Waals surface area contributed by atoms with Crippen molar-refractivity contribution in [3.8, 4) is 0 Å². The van der Waals surface area contributed by atoms with Crippen LogP contribution in [0.2, 0.25) is 0 Å². The van der Waals surface area contributed by atoms with Gasteiger partial charge in [0.2, 0.25) is 0 Å². The highest BCUT2D eigenvalue weighted by Gasteiger charge is 2.15. The zero-order valence-corrected chi connectivity index (χ0v) is 13.4. The Kier molecular flexibility index (Phi) is 4.30. The van der Waals surface area contributed by atoms with Crippen molar-refractivity contribution in [1.29, 1.82) is 0 Å². The molecule has 21 heavy (non-hydrogen) atoms. The highest BCUT2D eigenvalue weighted by molar-refractivity contribution is 9.10. The van der Waals surface area contributed by atoms with Gasteiger partial charge in [-0.1, -0.05) is 6.07 Å². The topological polar surface area (TPSA) is 50.9 Å². The van der Waals surface area contributed by atoms with Crippen molar-refractivity contribution >= 4 is 37.4 Å². The van der Waals surface area contributed by atoms with E-state index in [2.05, 4.69) is 26.3 Å². The zero-order valence-electron chi connectivity index (χ0n) is 11.0. The van der Waals surface area contributed by atoms with Crippen molar-refractivity contribution in [2.24, 2.45) is 5.84 Å². The molecule has 2 aromatic heterocycles. The summed E-state index contributed by atoms with van der Waals surface area (Å²) in [6.07, 6.45) is 2.45. The van der Waals surface area contributed by atoms with Gasteiger partial charge in [0, 0.05) is 32.4 Å². The van der Waals surface area contributed by atoms with Gasteiger partial charge in [0.1, 0.15) is 5.82 Å². The van der Waals surface area contributed by atoms with E-state index in [1.54, 1.807) is 29.7 Å². The summed E-state index contributed by atoms with van der Waals surface area (Å²) in [6.45, 7) is 0. The number of nitrogens with one attached hydrogen (secondary N) is 1. The summed E-state index contributed by atoms with van der Waals surface area (Å²) in [6, 6.07) is 10.7. The molecule has 0 radical (unpaired) electrons. The van der Waals surface area contributed by atoms with Crippen molar-refractivity contribution in [3.05, 3.63) is 63.5 Å². The van der Waals surface area contributed by atoms with Crippen molar-refractivity contribution in [3.63, 3.8) is 0 Å². The van der Waals surface area contributed by atoms with Crippen LogP contribution in [0.3, 0.4) is 0 Å². The maximum atomic E-state index is 13.3. The van der Waals surface area contributed by atoms with E-state index in [9.17, 15) is 4.39 Å². The lowest BCUT2D eigenvalue weighted by Crippen LogP contribution is -2.29. The molecule has 1 unspecified atom stereocenters. The summed E-state index contributed by atoms with van der Waals surface area (Å²) in [7, 11) is 0. The molecular formula is C15H13BrFN3S. The summed E-state index contributed by atoms with van der Waals surface area (Å²) in [5.41, 5.74) is 3.77. The van der Waals surface area contributed by atoms with E-state index in [1.165, 1.54) is 6.07 Å². The fourth-order valence-corrected chi connectivity index (χ4v) is 3.56. The fourth-order valence-electron chi connectivity index (χ4n) is 2.18. The first-order valence-corrected chi connectivity index (χ1v) is 8.02. The second-order valence-corrected chi connectivity index (χ2v) is 6.75. The first kappa shape index (κ1) is 14.6. The number of thiophene rings is 1. The third-order valence-electron chi connectivity index (χ3n) is 3.25. The van der Waals surface area contributed by atoms with Gasteiger partial charge in [-0.2, -0.15) is 0 Å². The van der Waals surface area contributed by atoms with Gasteiger partial charge in [0.25, 0.3) is 0 Å². The molecule has 1 atom stereocenters. The lowest BCUT2D eigenvalue weighted by atomic mass is 10.1. The van der Waals surface area contributed by atoms with Gasteiger partial charge in [-0.15, -0.1) is 11.3 Å². The third kappa shape index (κ3) is 3.29. The Morgan fingerprint density at radius 1 is 1.29 bits per heavy atom. The summed E-state index contributed by atoms with van der Waals surface area (Å²) in [5, 5.41) is 1.03. The molecule has 2 heterocycles. The van der Waals surface area contributed by atoms with Crippen LogP contribution in [-0.2, 0) is 6.42 Å². The van der Waals surface area contributed by atoms with Crippen LogP contribution in [0, 0.1) is 5.82 Å². The summed E-state index contributed by atoms with van der Waals surface area (Å²) < 4.78 is 15.1. The van der Waals surface area contributed by atoms with Gasteiger partial charge < -0.3 is 0 Å². The summed E-state index contributed by atoms with van der Waals surface area (Å²) in [5.74, 6) is 5.46. The minimum Gasteiger partial charge on any atom is -0.271 e. The Morgan fingerprint density at radius 3 is 2.86 bits per heavy atom. The molecule has 3 rings (SSSR count). The summed E-state index contributed by atoms with van der Waals surface area (Å²) in [4.78, 5) is 5.43. The lowest BCUT2D eigenvalue weighted by molar-refractivity contribution is 0.554. The number of benzene rings is 1. The van der Waals surface area contributed by atoms with Gasteiger partial charge >= 0.3 is 0 Å². The van der Waals surface area contributed by atoms with Crippen molar-refractivity contribution in [2.45, 2.75) is 12.5 Å². The number of halogens is 2. The zero-order chi connectivity index (χ0) is 14.8. The first-order chi connectivity index (χ1) is 10.2. The highest BCUT2D eigenvalue weighted by atomic mass is 79.9. The number of nitrogens with zero attached hydrogens (tertiary/aromatic N) is 1. The van der Waals surface area contributed by atoms with Crippen molar-refractivity contribution < 1.29 is 4.39 Å². The number of pyridine rings is 1. The van der Waals surface area contributed by atoms with E-state index in [1.807, 2.05) is 18.2 Å². The van der Waals surface area contributed by atoms with Crippen molar-refractivity contribution in [1.82, 2.24) is 10.4 Å². The van der Waals surface area contributed by atoms with Gasteiger partial charge in [0.15, 0.2) is 0 Å². The molecule has 0 aliphatic carbocycles. The number of rotatable bonds is 4. The number of hydrogen-bond acceptors (Lipinski definition) is 4. The molecule has 108 valence electrons. The third-order valence-corrected chi connectivity index (χ3v) is 4.93. The molecule has 0 saturated carbocycles. The molecule has 0 aliphatic rings. The van der Waals surface area contributed by atoms with E-state index < -0.39 is 0 Å². The molecular weight excluding hydrogens is 353 g/mol. The number of hydrogen-bond donors (Lipinski definition) is 2. The fraction of sp³-hybridized carbons (Fsp3) is 0.133. The van der Waals surface area contributed by atoms with Crippen LogP contribution in [0.5, 0.6) is 0 Å². The molecule has 0 saturated heterocycles. The quantitative estimate of drug-likeness (QED) is 0.543. The molecule has 0 aliphatic heterocycles. The average Bonchev–Trinajstić information content (AvgIpc) is 2.89. The molecule has 0 fully saturated rings. The predicted octanol–water partition coefficient (Wildman–Crippen LogP) is 3.95. The van der Waals surface area contributed by atoms with Crippen LogP contribution < -0.4 is 11.3 Å². The minimum absolute atomic E-state index is 0.0425. The summed E-state index contributed by atoms with van der Waals surface area (Å²) >= 11 is 4.91. The molecule has 3 aromatic rings. The van der Waals surface area contributed by atoms with Crippen LogP contribution in [0.4, 0.5) is 4.39 Å². The van der Waals surface area contributed by atoms with Gasteiger partial charge in [-0.3, -0.25) is 16.3 Å².